The second-order valence-electron chi connectivity index (χ2n) is 7.44. The topological polar surface area (TPSA) is 75.3 Å². The molecule has 3 aromatic rings. The van der Waals surface area contributed by atoms with Crippen LogP contribution in [0.4, 0.5) is 32.3 Å². The molecule has 0 saturated heterocycles. The van der Waals surface area contributed by atoms with E-state index < -0.39 is 35.1 Å². The number of benzene rings is 1. The van der Waals surface area contributed by atoms with E-state index in [9.17, 15) is 31.4 Å². The van der Waals surface area contributed by atoms with Crippen molar-refractivity contribution in [2.24, 2.45) is 0 Å². The number of nitrogens with zero attached hydrogens (tertiary/aromatic N) is 4. The molecule has 31 heavy (non-hydrogen) atoms. The number of rotatable bonds is 3. The van der Waals surface area contributed by atoms with Gasteiger partial charge in [0.15, 0.2) is 0 Å². The molecule has 1 aromatic carbocycles. The quantitative estimate of drug-likeness (QED) is 0.579. The average Bonchev–Trinajstić information content (AvgIpc) is 3.17. The van der Waals surface area contributed by atoms with Crippen LogP contribution in [0.25, 0.3) is 16.8 Å². The van der Waals surface area contributed by atoms with Crippen LogP contribution in [0.15, 0.2) is 30.7 Å². The van der Waals surface area contributed by atoms with Crippen molar-refractivity contribution in [2.45, 2.75) is 50.2 Å². The van der Waals surface area contributed by atoms with Crippen molar-refractivity contribution < 1.29 is 31.4 Å². The standard InChI is InChI=1S/C19H17F6N5O/c20-18(21,22)10-4-5-13(14(6-10)19(23,24)25)16-15-8-26-9-30(15)17(29-28-16)27-11-2-1-3-12(31)7-11/h4-6,8-9,11-12,31H,1-3,7H2,(H,27,29)/t11-,12+/m1/s1. The largest absolute Gasteiger partial charge is 0.417 e. The van der Waals surface area contributed by atoms with Crippen LogP contribution in [0.2, 0.25) is 0 Å². The lowest BCUT2D eigenvalue weighted by molar-refractivity contribution is -0.142. The number of aliphatic hydroxyl groups is 1. The van der Waals surface area contributed by atoms with E-state index in [0.29, 0.717) is 18.9 Å². The molecule has 0 radical (unpaired) electrons. The van der Waals surface area contributed by atoms with Gasteiger partial charge in [-0.3, -0.25) is 4.40 Å². The fraction of sp³-hybridized carbons (Fsp3) is 0.421. The third-order valence-corrected chi connectivity index (χ3v) is 5.24. The number of halogens is 6. The Morgan fingerprint density at radius 2 is 1.81 bits per heavy atom. The van der Waals surface area contributed by atoms with Gasteiger partial charge in [0.05, 0.1) is 28.9 Å². The summed E-state index contributed by atoms with van der Waals surface area (Å²) in [5, 5.41) is 20.8. The maximum absolute atomic E-state index is 13.6. The summed E-state index contributed by atoms with van der Waals surface area (Å²) >= 11 is 0. The number of hydrogen-bond donors (Lipinski definition) is 2. The first-order chi connectivity index (χ1) is 14.5. The fourth-order valence-corrected chi connectivity index (χ4v) is 3.77. The van der Waals surface area contributed by atoms with Crippen LogP contribution in [0, 0.1) is 0 Å². The predicted octanol–water partition coefficient (Wildman–Crippen LogP) is 4.54. The Morgan fingerprint density at radius 3 is 2.48 bits per heavy atom. The summed E-state index contributed by atoms with van der Waals surface area (Å²) in [4.78, 5) is 3.94. The number of nitrogens with one attached hydrogen (secondary N) is 1. The van der Waals surface area contributed by atoms with Crippen LogP contribution in [-0.4, -0.2) is 36.8 Å². The van der Waals surface area contributed by atoms with E-state index in [2.05, 4.69) is 20.5 Å². The zero-order valence-electron chi connectivity index (χ0n) is 15.9. The zero-order valence-corrected chi connectivity index (χ0v) is 15.9. The Bertz CT molecular complexity index is 1090. The molecule has 0 spiro atoms. The number of hydrogen-bond acceptors (Lipinski definition) is 5. The highest BCUT2D eigenvalue weighted by molar-refractivity contribution is 5.79. The predicted molar refractivity (Wildman–Crippen MR) is 98.1 cm³/mol. The van der Waals surface area contributed by atoms with Crippen LogP contribution < -0.4 is 5.32 Å². The highest BCUT2D eigenvalue weighted by Gasteiger charge is 2.39. The van der Waals surface area contributed by atoms with Gasteiger partial charge in [0.2, 0.25) is 5.95 Å². The van der Waals surface area contributed by atoms with E-state index in [1.807, 2.05) is 0 Å². The maximum Gasteiger partial charge on any atom is 0.417 e. The Labute approximate surface area is 171 Å². The molecule has 1 aliphatic carbocycles. The zero-order chi connectivity index (χ0) is 22.4. The Morgan fingerprint density at radius 1 is 1.03 bits per heavy atom. The molecule has 2 heterocycles. The van der Waals surface area contributed by atoms with E-state index in [0.717, 1.165) is 18.9 Å². The lowest BCUT2D eigenvalue weighted by Gasteiger charge is -2.27. The minimum absolute atomic E-state index is 0.0689. The van der Waals surface area contributed by atoms with E-state index in [1.54, 1.807) is 0 Å². The molecule has 4 rings (SSSR count). The lowest BCUT2D eigenvalue weighted by atomic mass is 9.93. The van der Waals surface area contributed by atoms with Crippen LogP contribution in [0.1, 0.15) is 36.8 Å². The van der Waals surface area contributed by atoms with Gasteiger partial charge >= 0.3 is 12.4 Å². The van der Waals surface area contributed by atoms with Gasteiger partial charge in [0.1, 0.15) is 12.0 Å². The van der Waals surface area contributed by atoms with E-state index in [-0.39, 0.29) is 29.3 Å². The molecule has 166 valence electrons. The molecule has 1 aliphatic rings. The smallest absolute Gasteiger partial charge is 0.393 e. The third kappa shape index (κ3) is 4.29. The number of aliphatic hydroxyl groups excluding tert-OH is 1. The molecule has 2 atom stereocenters. The number of anilines is 1. The Hall–Kier alpha value is -2.89. The lowest BCUT2D eigenvalue weighted by Crippen LogP contribution is -2.31. The second-order valence-corrected chi connectivity index (χ2v) is 7.44. The monoisotopic (exact) mass is 445 g/mol. The number of imidazole rings is 1. The third-order valence-electron chi connectivity index (χ3n) is 5.24. The Balaban J connectivity index is 1.78. The maximum atomic E-state index is 13.6. The Kier molecular flexibility index (Phi) is 5.28. The number of aromatic nitrogens is 4. The summed E-state index contributed by atoms with van der Waals surface area (Å²) in [5.41, 5.74) is -3.49. The molecule has 6 nitrogen and oxygen atoms in total. The molecule has 1 saturated carbocycles. The first-order valence-electron chi connectivity index (χ1n) is 9.46. The van der Waals surface area contributed by atoms with E-state index in [4.69, 9.17) is 0 Å². The number of fused-ring (bicyclic) bond motifs is 1. The van der Waals surface area contributed by atoms with E-state index in [1.165, 1.54) is 16.9 Å². The van der Waals surface area contributed by atoms with Crippen LogP contribution in [0.5, 0.6) is 0 Å². The molecular formula is C19H17F6N5O. The molecule has 0 bridgehead atoms. The van der Waals surface area contributed by atoms with Gasteiger partial charge in [-0.25, -0.2) is 4.98 Å². The van der Waals surface area contributed by atoms with Crippen molar-refractivity contribution in [1.82, 2.24) is 19.6 Å². The molecule has 2 aromatic heterocycles. The normalized spacial score (nSPS) is 20.2. The molecule has 0 amide bonds. The van der Waals surface area contributed by atoms with Crippen LogP contribution in [-0.2, 0) is 12.4 Å². The van der Waals surface area contributed by atoms with Gasteiger partial charge in [0, 0.05) is 11.6 Å². The van der Waals surface area contributed by atoms with Gasteiger partial charge in [-0.15, -0.1) is 10.2 Å². The van der Waals surface area contributed by atoms with Gasteiger partial charge in [0.25, 0.3) is 0 Å². The highest BCUT2D eigenvalue weighted by atomic mass is 19.4. The molecular weight excluding hydrogens is 428 g/mol. The molecule has 0 unspecified atom stereocenters. The van der Waals surface area contributed by atoms with Crippen LogP contribution in [0.3, 0.4) is 0 Å². The first kappa shape index (κ1) is 21.3. The van der Waals surface area contributed by atoms with Crippen LogP contribution >= 0.6 is 0 Å². The first-order valence-corrected chi connectivity index (χ1v) is 9.46. The molecule has 1 fully saturated rings. The van der Waals surface area contributed by atoms with Gasteiger partial charge in [-0.2, -0.15) is 26.3 Å². The molecule has 0 aliphatic heterocycles. The summed E-state index contributed by atoms with van der Waals surface area (Å²) in [6.45, 7) is 0. The SMILES string of the molecule is O[C@H]1CCC[C@@H](Nc2nnc(-c3ccc(C(F)(F)F)cc3C(F)(F)F)c3cncn23)C1. The second kappa shape index (κ2) is 7.66. The van der Waals surface area contributed by atoms with Crippen molar-refractivity contribution in [3.63, 3.8) is 0 Å². The minimum Gasteiger partial charge on any atom is -0.393 e. The fourth-order valence-electron chi connectivity index (χ4n) is 3.77. The van der Waals surface area contributed by atoms with E-state index >= 15 is 0 Å². The molecule has 12 heteroatoms. The van der Waals surface area contributed by atoms with Crippen molar-refractivity contribution >= 4 is 11.5 Å². The summed E-state index contributed by atoms with van der Waals surface area (Å²) < 4.78 is 81.0. The van der Waals surface area contributed by atoms with Crippen molar-refractivity contribution in [2.75, 3.05) is 5.32 Å². The summed E-state index contributed by atoms with van der Waals surface area (Å²) in [7, 11) is 0. The van der Waals surface area contributed by atoms with Crippen molar-refractivity contribution in [3.05, 3.63) is 41.9 Å². The highest BCUT2D eigenvalue weighted by Crippen LogP contribution is 2.41. The summed E-state index contributed by atoms with van der Waals surface area (Å²) in [6.07, 6.45) is -5.08. The average molecular weight is 445 g/mol. The van der Waals surface area contributed by atoms with Gasteiger partial charge in [-0.05, 0) is 37.8 Å². The summed E-state index contributed by atoms with van der Waals surface area (Å²) in [5.74, 6) is 0.218. The van der Waals surface area contributed by atoms with Crippen molar-refractivity contribution in [3.8, 4) is 11.3 Å². The molecule has 2 N–H and O–H groups in total. The van der Waals surface area contributed by atoms with Gasteiger partial charge in [-0.1, -0.05) is 6.07 Å². The number of alkyl halides is 6. The summed E-state index contributed by atoms with van der Waals surface area (Å²) in [6, 6.07) is 1.29. The van der Waals surface area contributed by atoms with Gasteiger partial charge < -0.3 is 10.4 Å². The van der Waals surface area contributed by atoms with Crippen molar-refractivity contribution in [1.29, 1.82) is 0 Å². The minimum atomic E-state index is -5.04.